The Kier molecular flexibility index (Phi) is 9.19. The van der Waals surface area contributed by atoms with Gasteiger partial charge in [0.25, 0.3) is 0 Å². The molecule has 0 aromatic heterocycles. The van der Waals surface area contributed by atoms with E-state index in [0.717, 1.165) is 6.08 Å². The lowest BCUT2D eigenvalue weighted by Crippen LogP contribution is -2.38. The molecule has 7 N–H and O–H groups in total. The Morgan fingerprint density at radius 1 is 1.36 bits per heavy atom. The van der Waals surface area contributed by atoms with Crippen LogP contribution in [0.1, 0.15) is 12.8 Å². The van der Waals surface area contributed by atoms with Gasteiger partial charge in [0.15, 0.2) is 0 Å². The van der Waals surface area contributed by atoms with E-state index in [9.17, 15) is 29.6 Å². The molecule has 1 unspecified atom stereocenters. The molecule has 1 saturated heterocycles. The Hall–Kier alpha value is -0.840. The maximum Gasteiger partial charge on any atom is 0.330 e. The highest BCUT2D eigenvalue weighted by Crippen LogP contribution is 2.43. The highest BCUT2D eigenvalue weighted by Gasteiger charge is 2.41. The van der Waals surface area contributed by atoms with Crippen LogP contribution in [0.25, 0.3) is 0 Å². The number of aliphatic hydroxyl groups excluding tert-OH is 4. The van der Waals surface area contributed by atoms with Crippen molar-refractivity contribution in [3.05, 3.63) is 12.7 Å². The van der Waals surface area contributed by atoms with E-state index in [1.54, 1.807) is 0 Å². The van der Waals surface area contributed by atoms with Gasteiger partial charge >= 0.3 is 7.60 Å². The van der Waals surface area contributed by atoms with Crippen LogP contribution in [-0.2, 0) is 13.9 Å². The molecule has 11 heteroatoms. The molecule has 0 spiro atoms. The normalized spacial score (nSPS) is 29.8. The first-order valence-corrected chi connectivity index (χ1v) is 9.74. The standard InChI is InChI=1S/C14H27N2O8P/c1-2-12(19)15-4-3-5-24-25(22,23)8-9(18)6-10-13(20)14(21)11(7-17)16-10/h2,9-11,13-14,16-18,20-21H,1,3-8H2,(H,15,19)(H,22,23)/t9-,10-,11-,13-,14-/m1/s1. The third-order valence-corrected chi connectivity index (χ3v) is 5.33. The van der Waals surface area contributed by atoms with Gasteiger partial charge in [-0.1, -0.05) is 6.58 Å². The number of carbonyl (C=O) groups is 1. The van der Waals surface area contributed by atoms with Gasteiger partial charge in [-0.3, -0.25) is 9.36 Å². The van der Waals surface area contributed by atoms with E-state index in [-0.39, 0.29) is 32.1 Å². The van der Waals surface area contributed by atoms with E-state index >= 15 is 0 Å². The van der Waals surface area contributed by atoms with Gasteiger partial charge in [-0.25, -0.2) is 0 Å². The third kappa shape index (κ3) is 7.51. The summed E-state index contributed by atoms with van der Waals surface area (Å²) in [7, 11) is -4.04. The summed E-state index contributed by atoms with van der Waals surface area (Å²) in [5.41, 5.74) is 0. The Bertz CT molecular complexity index is 491. The maximum absolute atomic E-state index is 11.9. The SMILES string of the molecule is C=CC(=O)NCCCOP(=O)(O)C[C@H](O)C[C@H]1N[C@H](CO)[C@@H](O)[C@@H]1O. The zero-order valence-electron chi connectivity index (χ0n) is 13.8. The van der Waals surface area contributed by atoms with E-state index in [1.165, 1.54) is 0 Å². The highest BCUT2D eigenvalue weighted by atomic mass is 31.2. The molecule has 1 amide bonds. The number of rotatable bonds is 11. The van der Waals surface area contributed by atoms with Crippen LogP contribution in [0.2, 0.25) is 0 Å². The number of hydrogen-bond acceptors (Lipinski definition) is 8. The average Bonchev–Trinajstić information content (AvgIpc) is 2.81. The van der Waals surface area contributed by atoms with Gasteiger partial charge in [0.1, 0.15) is 0 Å². The molecule has 0 radical (unpaired) electrons. The van der Waals surface area contributed by atoms with Crippen LogP contribution in [0.5, 0.6) is 0 Å². The van der Waals surface area contributed by atoms with Crippen molar-refractivity contribution in [1.29, 1.82) is 0 Å². The summed E-state index contributed by atoms with van der Waals surface area (Å²) >= 11 is 0. The van der Waals surface area contributed by atoms with Crippen molar-refractivity contribution in [2.45, 2.75) is 43.2 Å². The van der Waals surface area contributed by atoms with Crippen LogP contribution < -0.4 is 10.6 Å². The van der Waals surface area contributed by atoms with E-state index < -0.39 is 44.2 Å². The predicted molar refractivity (Wildman–Crippen MR) is 88.9 cm³/mol. The van der Waals surface area contributed by atoms with Crippen LogP contribution in [-0.4, -0.2) is 87.5 Å². The van der Waals surface area contributed by atoms with Gasteiger partial charge in [-0.05, 0) is 18.9 Å². The number of nitrogens with one attached hydrogen (secondary N) is 2. The van der Waals surface area contributed by atoms with Gasteiger partial charge in [0.2, 0.25) is 5.91 Å². The smallest absolute Gasteiger partial charge is 0.330 e. The summed E-state index contributed by atoms with van der Waals surface area (Å²) in [5.74, 6) is -0.353. The molecule has 1 aliphatic heterocycles. The summed E-state index contributed by atoms with van der Waals surface area (Å²) in [6.07, 6.45) is -2.81. The maximum atomic E-state index is 11.9. The molecule has 0 aromatic rings. The highest BCUT2D eigenvalue weighted by molar-refractivity contribution is 7.52. The molecule has 1 heterocycles. The van der Waals surface area contributed by atoms with Crippen LogP contribution in [0, 0.1) is 0 Å². The lowest BCUT2D eigenvalue weighted by atomic mass is 10.0. The van der Waals surface area contributed by atoms with E-state index in [4.69, 9.17) is 9.63 Å². The van der Waals surface area contributed by atoms with Gasteiger partial charge < -0.3 is 40.5 Å². The molecule has 10 nitrogen and oxygen atoms in total. The van der Waals surface area contributed by atoms with Crippen LogP contribution in [0.3, 0.4) is 0 Å². The van der Waals surface area contributed by atoms with Gasteiger partial charge in [0.05, 0.1) is 43.7 Å². The Morgan fingerprint density at radius 3 is 2.56 bits per heavy atom. The zero-order chi connectivity index (χ0) is 19.0. The second kappa shape index (κ2) is 10.3. The summed E-state index contributed by atoms with van der Waals surface area (Å²) in [6.45, 7) is 3.09. The lowest BCUT2D eigenvalue weighted by molar-refractivity contribution is -0.116. The van der Waals surface area contributed by atoms with E-state index in [1.807, 2.05) is 0 Å². The third-order valence-electron chi connectivity index (χ3n) is 3.87. The minimum atomic E-state index is -4.04. The first kappa shape index (κ1) is 22.2. The van der Waals surface area contributed by atoms with Crippen LogP contribution >= 0.6 is 7.60 Å². The van der Waals surface area contributed by atoms with Crippen molar-refractivity contribution in [3.63, 3.8) is 0 Å². The summed E-state index contributed by atoms with van der Waals surface area (Å²) in [5, 5.41) is 43.8. The minimum absolute atomic E-state index is 0.0759. The number of hydrogen-bond donors (Lipinski definition) is 7. The van der Waals surface area contributed by atoms with E-state index in [0.29, 0.717) is 6.42 Å². The van der Waals surface area contributed by atoms with Gasteiger partial charge in [0, 0.05) is 12.6 Å². The molecule has 1 aliphatic rings. The van der Waals surface area contributed by atoms with Crippen molar-refractivity contribution in [1.82, 2.24) is 10.6 Å². The number of carbonyl (C=O) groups excluding carboxylic acids is 1. The van der Waals surface area contributed by atoms with Crippen molar-refractivity contribution in [2.24, 2.45) is 0 Å². The Labute approximate surface area is 146 Å². The van der Waals surface area contributed by atoms with Crippen molar-refractivity contribution < 1.29 is 39.2 Å². The monoisotopic (exact) mass is 382 g/mol. The Balaban J connectivity index is 2.32. The molecule has 0 saturated carbocycles. The molecule has 0 aliphatic carbocycles. The predicted octanol–water partition coefficient (Wildman–Crippen LogP) is -2.31. The summed E-state index contributed by atoms with van der Waals surface area (Å²) in [6, 6.07) is -1.42. The fraction of sp³-hybridized carbons (Fsp3) is 0.786. The van der Waals surface area contributed by atoms with Crippen molar-refractivity contribution >= 4 is 13.5 Å². The summed E-state index contributed by atoms with van der Waals surface area (Å²) < 4.78 is 16.8. The molecule has 25 heavy (non-hydrogen) atoms. The van der Waals surface area contributed by atoms with Crippen molar-refractivity contribution in [3.8, 4) is 0 Å². The van der Waals surface area contributed by atoms with Crippen LogP contribution in [0.4, 0.5) is 0 Å². The fourth-order valence-corrected chi connectivity index (χ4v) is 3.77. The summed E-state index contributed by atoms with van der Waals surface area (Å²) in [4.78, 5) is 20.6. The average molecular weight is 382 g/mol. The second-order valence-electron chi connectivity index (χ2n) is 5.93. The molecular formula is C14H27N2O8P. The first-order valence-electron chi connectivity index (χ1n) is 7.98. The molecular weight excluding hydrogens is 355 g/mol. The number of amides is 1. The first-order chi connectivity index (χ1) is 11.7. The van der Waals surface area contributed by atoms with Crippen molar-refractivity contribution in [2.75, 3.05) is 25.9 Å². The van der Waals surface area contributed by atoms with Crippen LogP contribution in [0.15, 0.2) is 12.7 Å². The Morgan fingerprint density at radius 2 is 2.00 bits per heavy atom. The largest absolute Gasteiger partial charge is 0.395 e. The molecule has 1 rings (SSSR count). The topological polar surface area (TPSA) is 169 Å². The second-order valence-corrected chi connectivity index (χ2v) is 7.83. The zero-order valence-corrected chi connectivity index (χ0v) is 14.7. The molecule has 1 fully saturated rings. The molecule has 0 aromatic carbocycles. The minimum Gasteiger partial charge on any atom is -0.395 e. The fourth-order valence-electron chi connectivity index (χ4n) is 2.57. The van der Waals surface area contributed by atoms with Gasteiger partial charge in [-0.2, -0.15) is 0 Å². The number of aliphatic hydroxyl groups is 4. The molecule has 0 bridgehead atoms. The van der Waals surface area contributed by atoms with Gasteiger partial charge in [-0.15, -0.1) is 0 Å². The lowest BCUT2D eigenvalue weighted by Gasteiger charge is -2.21. The molecule has 6 atom stereocenters. The quantitative estimate of drug-likeness (QED) is 0.118. The molecule has 146 valence electrons. The van der Waals surface area contributed by atoms with E-state index in [2.05, 4.69) is 17.2 Å².